The predicted octanol–water partition coefficient (Wildman–Crippen LogP) is 1.63. The van der Waals surface area contributed by atoms with Gasteiger partial charge in [0.25, 0.3) is 0 Å². The largest absolute Gasteiger partial charge is 0.492 e. The Hall–Kier alpha value is -2.34. The quantitative estimate of drug-likeness (QED) is 0.839. The molecule has 2 rings (SSSR count). The molecule has 2 aromatic rings. The van der Waals surface area contributed by atoms with E-state index in [1.54, 1.807) is 16.8 Å². The van der Waals surface area contributed by atoms with E-state index in [4.69, 9.17) is 9.84 Å². The van der Waals surface area contributed by atoms with Crippen LogP contribution in [-0.4, -0.2) is 46.0 Å². The van der Waals surface area contributed by atoms with Gasteiger partial charge in [-0.05, 0) is 31.3 Å². The molecule has 6 heteroatoms. The SMILES string of the molecule is CN(CCOc1ccc(C(=O)O)cc1)Cc1cnn(C)c1. The van der Waals surface area contributed by atoms with Crippen molar-refractivity contribution in [2.24, 2.45) is 7.05 Å². The lowest BCUT2D eigenvalue weighted by molar-refractivity contribution is 0.0697. The molecule has 0 saturated carbocycles. The molecule has 0 aliphatic rings. The first-order chi connectivity index (χ1) is 10.0. The van der Waals surface area contributed by atoms with Crippen molar-refractivity contribution in [3.05, 3.63) is 47.8 Å². The number of likely N-dealkylation sites (N-methyl/N-ethyl adjacent to an activating group) is 1. The minimum Gasteiger partial charge on any atom is -0.492 e. The highest BCUT2D eigenvalue weighted by Gasteiger charge is 2.04. The molecule has 6 nitrogen and oxygen atoms in total. The van der Waals surface area contributed by atoms with E-state index in [9.17, 15) is 4.79 Å². The molecule has 21 heavy (non-hydrogen) atoms. The molecule has 112 valence electrons. The lowest BCUT2D eigenvalue weighted by atomic mass is 10.2. The molecule has 0 bridgehead atoms. The average molecular weight is 289 g/mol. The zero-order valence-electron chi connectivity index (χ0n) is 12.2. The summed E-state index contributed by atoms with van der Waals surface area (Å²) in [5.41, 5.74) is 1.42. The van der Waals surface area contributed by atoms with E-state index in [0.717, 1.165) is 18.7 Å². The van der Waals surface area contributed by atoms with Crippen molar-refractivity contribution in [3.63, 3.8) is 0 Å². The molecule has 0 aliphatic heterocycles. The maximum atomic E-state index is 10.7. The number of benzene rings is 1. The number of ether oxygens (including phenoxy) is 1. The number of hydrogen-bond donors (Lipinski definition) is 1. The molecule has 0 fully saturated rings. The Kier molecular flexibility index (Phi) is 4.94. The Balaban J connectivity index is 1.74. The van der Waals surface area contributed by atoms with Crippen LogP contribution >= 0.6 is 0 Å². The first kappa shape index (κ1) is 15.1. The first-order valence-electron chi connectivity index (χ1n) is 6.67. The topological polar surface area (TPSA) is 67.6 Å². The van der Waals surface area contributed by atoms with E-state index in [1.807, 2.05) is 26.5 Å². The summed E-state index contributed by atoms with van der Waals surface area (Å²) >= 11 is 0. The molecule has 1 aromatic carbocycles. The van der Waals surface area contributed by atoms with Crippen molar-refractivity contribution in [1.29, 1.82) is 0 Å². The first-order valence-corrected chi connectivity index (χ1v) is 6.67. The second kappa shape index (κ2) is 6.90. The maximum absolute atomic E-state index is 10.7. The zero-order chi connectivity index (χ0) is 15.2. The van der Waals surface area contributed by atoms with Crippen molar-refractivity contribution in [3.8, 4) is 5.75 Å². The molecule has 0 unspecified atom stereocenters. The number of rotatable bonds is 7. The summed E-state index contributed by atoms with van der Waals surface area (Å²) in [5, 5.41) is 12.9. The van der Waals surface area contributed by atoms with Gasteiger partial charge in [0.15, 0.2) is 0 Å². The van der Waals surface area contributed by atoms with E-state index < -0.39 is 5.97 Å². The highest BCUT2D eigenvalue weighted by Crippen LogP contribution is 2.12. The standard InChI is InChI=1S/C15H19N3O3/c1-17(10-12-9-16-18(2)11-12)7-8-21-14-5-3-13(4-6-14)15(19)20/h3-6,9,11H,7-8,10H2,1-2H3,(H,19,20). The molecular weight excluding hydrogens is 270 g/mol. The van der Waals surface area contributed by atoms with Gasteiger partial charge >= 0.3 is 5.97 Å². The third kappa shape index (κ3) is 4.61. The van der Waals surface area contributed by atoms with Gasteiger partial charge in [0.05, 0.1) is 11.8 Å². The van der Waals surface area contributed by atoms with Crippen molar-refractivity contribution in [2.75, 3.05) is 20.2 Å². The number of aromatic nitrogens is 2. The van der Waals surface area contributed by atoms with Crippen LogP contribution in [0.4, 0.5) is 0 Å². The van der Waals surface area contributed by atoms with Crippen LogP contribution in [0.1, 0.15) is 15.9 Å². The Morgan fingerprint density at radius 1 is 1.38 bits per heavy atom. The number of aromatic carboxylic acids is 1. The summed E-state index contributed by atoms with van der Waals surface area (Å²) in [7, 11) is 3.91. The molecule has 1 N–H and O–H groups in total. The van der Waals surface area contributed by atoms with Crippen LogP contribution < -0.4 is 4.74 Å². The second-order valence-electron chi connectivity index (χ2n) is 4.94. The summed E-state index contributed by atoms with van der Waals surface area (Å²) in [6.45, 7) is 2.13. The molecule has 0 aliphatic carbocycles. The summed E-state index contributed by atoms with van der Waals surface area (Å²) in [4.78, 5) is 12.9. The number of nitrogens with zero attached hydrogens (tertiary/aromatic N) is 3. The lowest BCUT2D eigenvalue weighted by Crippen LogP contribution is -2.23. The van der Waals surface area contributed by atoms with Crippen molar-refractivity contribution >= 4 is 5.97 Å². The monoisotopic (exact) mass is 289 g/mol. The minimum atomic E-state index is -0.933. The number of hydrogen-bond acceptors (Lipinski definition) is 4. The van der Waals surface area contributed by atoms with Gasteiger partial charge in [-0.15, -0.1) is 0 Å². The molecular formula is C15H19N3O3. The van der Waals surface area contributed by atoms with Crippen LogP contribution in [0.25, 0.3) is 0 Å². The third-order valence-corrected chi connectivity index (χ3v) is 3.05. The van der Waals surface area contributed by atoms with Gasteiger partial charge in [-0.1, -0.05) is 0 Å². The van der Waals surface area contributed by atoms with E-state index in [1.165, 1.54) is 12.1 Å². The predicted molar refractivity (Wildman–Crippen MR) is 78.4 cm³/mol. The highest BCUT2D eigenvalue weighted by molar-refractivity contribution is 5.87. The number of carboxylic acid groups (broad SMARTS) is 1. The maximum Gasteiger partial charge on any atom is 0.335 e. The van der Waals surface area contributed by atoms with Crippen molar-refractivity contribution in [1.82, 2.24) is 14.7 Å². The highest BCUT2D eigenvalue weighted by atomic mass is 16.5. The fourth-order valence-corrected chi connectivity index (χ4v) is 1.96. The summed E-state index contributed by atoms with van der Waals surface area (Å²) < 4.78 is 7.38. The molecule has 0 radical (unpaired) electrons. The van der Waals surface area contributed by atoms with Gasteiger partial charge in [0.2, 0.25) is 0 Å². The lowest BCUT2D eigenvalue weighted by Gasteiger charge is -2.16. The zero-order valence-corrected chi connectivity index (χ0v) is 12.2. The molecule has 1 heterocycles. The second-order valence-corrected chi connectivity index (χ2v) is 4.94. The normalized spacial score (nSPS) is 10.8. The number of aryl methyl sites for hydroxylation is 1. The number of carbonyl (C=O) groups is 1. The van der Waals surface area contributed by atoms with Crippen LogP contribution in [0.15, 0.2) is 36.7 Å². The van der Waals surface area contributed by atoms with E-state index in [2.05, 4.69) is 10.00 Å². The Labute approximate surface area is 123 Å². The van der Waals surface area contributed by atoms with Gasteiger partial charge < -0.3 is 9.84 Å². The van der Waals surface area contributed by atoms with Gasteiger partial charge in [-0.25, -0.2) is 4.79 Å². The average Bonchev–Trinajstić information content (AvgIpc) is 2.84. The fraction of sp³-hybridized carbons (Fsp3) is 0.333. The fourth-order valence-electron chi connectivity index (χ4n) is 1.96. The summed E-state index contributed by atoms with van der Waals surface area (Å²) in [5.74, 6) is -0.257. The van der Waals surface area contributed by atoms with Crippen LogP contribution in [0, 0.1) is 0 Å². The third-order valence-electron chi connectivity index (χ3n) is 3.05. The molecule has 0 spiro atoms. The van der Waals surface area contributed by atoms with Crippen LogP contribution in [0.2, 0.25) is 0 Å². The van der Waals surface area contributed by atoms with E-state index in [0.29, 0.717) is 12.4 Å². The Morgan fingerprint density at radius 2 is 2.10 bits per heavy atom. The molecule has 0 amide bonds. The van der Waals surface area contributed by atoms with Crippen LogP contribution in [0.3, 0.4) is 0 Å². The Bertz CT molecular complexity index is 592. The van der Waals surface area contributed by atoms with Crippen LogP contribution in [0.5, 0.6) is 5.75 Å². The van der Waals surface area contributed by atoms with Crippen molar-refractivity contribution in [2.45, 2.75) is 6.54 Å². The van der Waals surface area contributed by atoms with Gasteiger partial charge in [0, 0.05) is 31.9 Å². The van der Waals surface area contributed by atoms with Gasteiger partial charge in [-0.2, -0.15) is 5.10 Å². The molecule has 1 aromatic heterocycles. The van der Waals surface area contributed by atoms with Crippen molar-refractivity contribution < 1.29 is 14.6 Å². The number of carboxylic acids is 1. The van der Waals surface area contributed by atoms with Crippen LogP contribution in [-0.2, 0) is 13.6 Å². The van der Waals surface area contributed by atoms with E-state index in [-0.39, 0.29) is 5.56 Å². The minimum absolute atomic E-state index is 0.260. The Morgan fingerprint density at radius 3 is 2.67 bits per heavy atom. The van der Waals surface area contributed by atoms with Gasteiger partial charge in [0.1, 0.15) is 12.4 Å². The van der Waals surface area contributed by atoms with E-state index >= 15 is 0 Å². The summed E-state index contributed by atoms with van der Waals surface area (Å²) in [6, 6.07) is 6.42. The van der Waals surface area contributed by atoms with Gasteiger partial charge in [-0.3, -0.25) is 9.58 Å². The smallest absolute Gasteiger partial charge is 0.335 e. The molecule has 0 atom stereocenters. The summed E-state index contributed by atoms with van der Waals surface area (Å²) in [6.07, 6.45) is 3.84. The molecule has 0 saturated heterocycles.